The Morgan fingerprint density at radius 2 is 2.22 bits per heavy atom. The van der Waals surface area contributed by atoms with Crippen LogP contribution in [0.2, 0.25) is 0 Å². The van der Waals surface area contributed by atoms with Crippen LogP contribution in [-0.2, 0) is 19.8 Å². The predicted octanol–water partition coefficient (Wildman–Crippen LogP) is 0.458. The highest BCUT2D eigenvalue weighted by molar-refractivity contribution is 5.65. The van der Waals surface area contributed by atoms with E-state index in [4.69, 9.17) is 19.9 Å². The third kappa shape index (κ3) is 3.43. The highest BCUT2D eigenvalue weighted by Gasteiger charge is 2.58. The molecular formula is C17H24N4O6. The van der Waals surface area contributed by atoms with Crippen LogP contribution < -0.4 is 5.73 Å². The molecule has 1 aliphatic rings. The molecule has 10 nitrogen and oxygen atoms in total. The number of rotatable bonds is 5. The second-order valence-electron chi connectivity index (χ2n) is 7.33. The third-order valence-electron chi connectivity index (χ3n) is 4.59. The molecule has 0 saturated carbocycles. The summed E-state index contributed by atoms with van der Waals surface area (Å²) in [5.74, 6) is 0.413. The summed E-state index contributed by atoms with van der Waals surface area (Å²) in [6.45, 7) is 5.07. The number of hydrogen-bond acceptors (Lipinski definition) is 9. The minimum atomic E-state index is -1.77. The quantitative estimate of drug-likeness (QED) is 0.631. The van der Waals surface area contributed by atoms with Crippen molar-refractivity contribution in [3.05, 3.63) is 24.2 Å². The lowest BCUT2D eigenvalue weighted by Crippen LogP contribution is -2.50. The molecule has 3 heterocycles. The van der Waals surface area contributed by atoms with Crippen molar-refractivity contribution in [3.8, 4) is 0 Å². The fourth-order valence-electron chi connectivity index (χ4n) is 3.03. The third-order valence-corrected chi connectivity index (χ3v) is 4.59. The summed E-state index contributed by atoms with van der Waals surface area (Å²) < 4.78 is 17.0. The number of aromatic nitrogens is 3. The minimum Gasteiger partial charge on any atom is -0.434 e. The van der Waals surface area contributed by atoms with E-state index in [1.165, 1.54) is 10.8 Å². The van der Waals surface area contributed by atoms with Crippen molar-refractivity contribution < 1.29 is 29.2 Å². The van der Waals surface area contributed by atoms with Gasteiger partial charge in [0.25, 0.3) is 0 Å². The van der Waals surface area contributed by atoms with Gasteiger partial charge in [0.15, 0.2) is 11.4 Å². The highest BCUT2D eigenvalue weighted by atomic mass is 16.7. The summed E-state index contributed by atoms with van der Waals surface area (Å²) in [4.78, 5) is 15.6. The van der Waals surface area contributed by atoms with Crippen LogP contribution in [0.3, 0.4) is 0 Å². The molecule has 27 heavy (non-hydrogen) atoms. The van der Waals surface area contributed by atoms with Crippen LogP contribution in [0, 0.1) is 5.92 Å². The first-order valence-corrected chi connectivity index (χ1v) is 8.60. The van der Waals surface area contributed by atoms with Crippen LogP contribution in [0.1, 0.15) is 26.5 Å². The molecule has 3 rings (SSSR count). The van der Waals surface area contributed by atoms with Gasteiger partial charge in [-0.1, -0.05) is 13.8 Å². The van der Waals surface area contributed by atoms with Gasteiger partial charge in [0, 0.05) is 0 Å². The molecule has 0 aliphatic carbocycles. The molecule has 1 fully saturated rings. The van der Waals surface area contributed by atoms with Gasteiger partial charge in [0.2, 0.25) is 0 Å². The van der Waals surface area contributed by atoms with Gasteiger partial charge in [0.1, 0.15) is 30.2 Å². The predicted molar refractivity (Wildman–Crippen MR) is 93.8 cm³/mol. The Morgan fingerprint density at radius 1 is 1.48 bits per heavy atom. The molecule has 4 N–H and O–H groups in total. The number of carbonyl (C=O) groups excluding carboxylic acids is 1. The van der Waals surface area contributed by atoms with Crippen molar-refractivity contribution in [3.63, 3.8) is 0 Å². The molecule has 0 unspecified atom stereocenters. The summed E-state index contributed by atoms with van der Waals surface area (Å²) in [6, 6.07) is 3.24. The fraction of sp³-hybridized carbons (Fsp3) is 0.588. The second-order valence-corrected chi connectivity index (χ2v) is 7.33. The number of nitrogens with two attached hydrogens (primary N) is 1. The molecule has 1 saturated heterocycles. The summed E-state index contributed by atoms with van der Waals surface area (Å²) in [6.07, 6.45) is -0.994. The smallest absolute Gasteiger partial charge is 0.434 e. The first-order valence-electron chi connectivity index (χ1n) is 8.60. The van der Waals surface area contributed by atoms with Crippen LogP contribution in [0.15, 0.2) is 18.5 Å². The van der Waals surface area contributed by atoms with E-state index in [0.29, 0.717) is 11.2 Å². The van der Waals surface area contributed by atoms with E-state index in [0.717, 1.165) is 0 Å². The molecule has 0 bridgehead atoms. The van der Waals surface area contributed by atoms with E-state index in [1.807, 2.05) is 13.8 Å². The van der Waals surface area contributed by atoms with Gasteiger partial charge in [-0.05, 0) is 25.0 Å². The Morgan fingerprint density at radius 3 is 2.93 bits per heavy atom. The SMILES string of the molecule is CC(C)COC(=O)OC[C@@]1(C)OC[C@](O)(c2ccc3c(N)ncnn23)[C@@H]1O. The average molecular weight is 380 g/mol. The Balaban J connectivity index is 1.77. The van der Waals surface area contributed by atoms with Crippen LogP contribution in [0.5, 0.6) is 0 Å². The Hall–Kier alpha value is -2.43. The molecule has 3 atom stereocenters. The van der Waals surface area contributed by atoms with Crippen molar-refractivity contribution in [1.82, 2.24) is 14.6 Å². The normalized spacial score (nSPS) is 28.0. The van der Waals surface area contributed by atoms with E-state index in [9.17, 15) is 15.0 Å². The van der Waals surface area contributed by atoms with E-state index in [1.54, 1.807) is 19.1 Å². The molecule has 0 radical (unpaired) electrons. The molecule has 1 aliphatic heterocycles. The maximum Gasteiger partial charge on any atom is 0.508 e. The molecule has 2 aromatic rings. The first kappa shape index (κ1) is 19.3. The summed E-state index contributed by atoms with van der Waals surface area (Å²) in [5, 5.41) is 26.0. The number of aliphatic hydroxyl groups is 2. The van der Waals surface area contributed by atoms with Crippen molar-refractivity contribution in [1.29, 1.82) is 0 Å². The van der Waals surface area contributed by atoms with Crippen LogP contribution >= 0.6 is 0 Å². The number of fused-ring (bicyclic) bond motifs is 1. The van der Waals surface area contributed by atoms with E-state index < -0.39 is 23.5 Å². The van der Waals surface area contributed by atoms with Crippen molar-refractivity contribution in [2.45, 2.75) is 38.1 Å². The molecule has 2 aromatic heterocycles. The molecule has 148 valence electrons. The number of anilines is 1. The molecule has 10 heteroatoms. The van der Waals surface area contributed by atoms with Gasteiger partial charge >= 0.3 is 6.16 Å². The van der Waals surface area contributed by atoms with Crippen LogP contribution in [0.4, 0.5) is 10.6 Å². The van der Waals surface area contributed by atoms with Gasteiger partial charge in [-0.15, -0.1) is 0 Å². The van der Waals surface area contributed by atoms with Crippen LogP contribution in [0.25, 0.3) is 5.52 Å². The summed E-state index contributed by atoms with van der Waals surface area (Å²) >= 11 is 0. The number of aliphatic hydroxyl groups excluding tert-OH is 1. The fourth-order valence-corrected chi connectivity index (χ4v) is 3.03. The highest BCUT2D eigenvalue weighted by Crippen LogP contribution is 2.41. The lowest BCUT2D eigenvalue weighted by atomic mass is 9.86. The number of hydrogen-bond donors (Lipinski definition) is 3. The van der Waals surface area contributed by atoms with Crippen molar-refractivity contribution in [2.75, 3.05) is 25.6 Å². The standard InChI is InChI=1S/C17H24N4O6/c1-10(2)6-25-15(23)26-7-16(3)14(22)17(24,8-27-16)12-5-4-11-13(18)19-9-20-21(11)12/h4-5,9-10,14,22,24H,6-8H2,1-3H3,(H2,18,19,20)/t14-,16-,17+/m1/s1. The minimum absolute atomic E-state index is 0.170. The van der Waals surface area contributed by atoms with Crippen molar-refractivity contribution in [2.24, 2.45) is 5.92 Å². The zero-order chi connectivity index (χ0) is 19.8. The number of nitrogen functional groups attached to an aromatic ring is 1. The Bertz CT molecular complexity index is 840. The van der Waals surface area contributed by atoms with Crippen LogP contribution in [-0.4, -0.2) is 62.5 Å². The maximum atomic E-state index is 11.7. The maximum absolute atomic E-state index is 11.7. The topological polar surface area (TPSA) is 141 Å². The molecule has 0 amide bonds. The van der Waals surface area contributed by atoms with Gasteiger partial charge in [-0.2, -0.15) is 5.10 Å². The zero-order valence-electron chi connectivity index (χ0n) is 15.5. The van der Waals surface area contributed by atoms with Gasteiger partial charge in [-0.25, -0.2) is 14.3 Å². The van der Waals surface area contributed by atoms with Gasteiger partial charge in [-0.3, -0.25) is 0 Å². The molecule has 0 spiro atoms. The summed E-state index contributed by atoms with van der Waals surface area (Å²) in [5.41, 5.74) is 3.51. The van der Waals surface area contributed by atoms with E-state index >= 15 is 0 Å². The average Bonchev–Trinajstić information content (AvgIpc) is 3.16. The Labute approximate surface area is 155 Å². The van der Waals surface area contributed by atoms with E-state index in [2.05, 4.69) is 10.1 Å². The number of nitrogens with zero attached hydrogens (tertiary/aromatic N) is 3. The largest absolute Gasteiger partial charge is 0.508 e. The zero-order valence-corrected chi connectivity index (χ0v) is 15.5. The Kier molecular flexibility index (Phi) is 4.98. The number of ether oxygens (including phenoxy) is 3. The second kappa shape index (κ2) is 6.95. The molecular weight excluding hydrogens is 356 g/mol. The summed E-state index contributed by atoms with van der Waals surface area (Å²) in [7, 11) is 0. The van der Waals surface area contributed by atoms with Gasteiger partial charge in [0.05, 0.1) is 18.9 Å². The number of carbonyl (C=O) groups is 1. The lowest BCUT2D eigenvalue weighted by Gasteiger charge is -2.31. The monoisotopic (exact) mass is 380 g/mol. The molecule has 0 aromatic carbocycles. The first-order chi connectivity index (χ1) is 12.7. The lowest BCUT2D eigenvalue weighted by molar-refractivity contribution is -0.107. The van der Waals surface area contributed by atoms with Crippen molar-refractivity contribution >= 4 is 17.5 Å². The van der Waals surface area contributed by atoms with E-state index in [-0.39, 0.29) is 31.6 Å². The van der Waals surface area contributed by atoms with Gasteiger partial charge < -0.3 is 30.2 Å².